The molecule has 0 spiro atoms. The van der Waals surface area contributed by atoms with E-state index >= 15 is 0 Å². The van der Waals surface area contributed by atoms with Crippen LogP contribution in [-0.4, -0.2) is 26.2 Å². The molecule has 3 aromatic rings. The Morgan fingerprint density at radius 3 is 2.38 bits per heavy atom. The summed E-state index contributed by atoms with van der Waals surface area (Å²) in [5.41, 5.74) is 1.32. The molecule has 0 fully saturated rings. The van der Waals surface area contributed by atoms with Gasteiger partial charge < -0.3 is 23.4 Å². The fourth-order valence-electron chi connectivity index (χ4n) is 2.53. The summed E-state index contributed by atoms with van der Waals surface area (Å²) in [6.07, 6.45) is 0. The average molecular weight is 396 g/mol. The van der Waals surface area contributed by atoms with Gasteiger partial charge in [-0.3, -0.25) is 0 Å². The van der Waals surface area contributed by atoms with E-state index in [0.29, 0.717) is 29.4 Å². The Hall–Kier alpha value is -3.74. The monoisotopic (exact) mass is 396 g/mol. The molecule has 0 saturated carbocycles. The van der Waals surface area contributed by atoms with Crippen molar-refractivity contribution in [2.75, 3.05) is 14.2 Å². The highest BCUT2D eigenvalue weighted by molar-refractivity contribution is 5.90. The number of carbonyl (C=O) groups excluding carboxylic acids is 2. The van der Waals surface area contributed by atoms with Crippen LogP contribution in [0.3, 0.4) is 0 Å². The number of furan rings is 1. The van der Waals surface area contributed by atoms with Gasteiger partial charge in [-0.15, -0.1) is 0 Å². The predicted molar refractivity (Wildman–Crippen MR) is 103 cm³/mol. The molecule has 150 valence electrons. The first-order valence-corrected chi connectivity index (χ1v) is 8.79. The van der Waals surface area contributed by atoms with Gasteiger partial charge in [-0.25, -0.2) is 9.59 Å². The van der Waals surface area contributed by atoms with Crippen LogP contribution in [0.1, 0.15) is 32.2 Å². The zero-order chi connectivity index (χ0) is 20.6. The van der Waals surface area contributed by atoms with E-state index in [4.69, 9.17) is 18.6 Å². The summed E-state index contributed by atoms with van der Waals surface area (Å²) in [5.74, 6) is 0.143. The summed E-state index contributed by atoms with van der Waals surface area (Å²) in [6, 6.07) is 17.5. The van der Waals surface area contributed by atoms with E-state index in [1.807, 2.05) is 30.3 Å². The second kappa shape index (κ2) is 9.45. The third kappa shape index (κ3) is 5.16. The lowest BCUT2D eigenvalue weighted by Crippen LogP contribution is -2.06. The van der Waals surface area contributed by atoms with Gasteiger partial charge in [0.1, 0.15) is 19.0 Å². The van der Waals surface area contributed by atoms with Crippen molar-refractivity contribution >= 4 is 11.9 Å². The van der Waals surface area contributed by atoms with Crippen LogP contribution in [0.2, 0.25) is 0 Å². The van der Waals surface area contributed by atoms with Crippen LogP contribution in [0.25, 0.3) is 0 Å². The molecule has 3 rings (SSSR count). The van der Waals surface area contributed by atoms with Crippen LogP contribution in [0.5, 0.6) is 11.5 Å². The average Bonchev–Trinajstić information content (AvgIpc) is 3.25. The molecule has 0 bridgehead atoms. The number of hydrogen-bond donors (Lipinski definition) is 0. The molecule has 0 radical (unpaired) electrons. The van der Waals surface area contributed by atoms with Crippen molar-refractivity contribution in [3.8, 4) is 11.5 Å². The maximum atomic E-state index is 12.3. The Bertz CT molecular complexity index is 976. The van der Waals surface area contributed by atoms with Crippen LogP contribution in [0, 0.1) is 0 Å². The maximum absolute atomic E-state index is 12.3. The molecule has 0 unspecified atom stereocenters. The van der Waals surface area contributed by atoms with E-state index < -0.39 is 11.9 Å². The summed E-state index contributed by atoms with van der Waals surface area (Å²) in [5, 5.41) is 0. The lowest BCUT2D eigenvalue weighted by atomic mass is 10.2. The number of hydrogen-bond acceptors (Lipinski definition) is 7. The van der Waals surface area contributed by atoms with E-state index in [1.165, 1.54) is 20.3 Å². The summed E-state index contributed by atoms with van der Waals surface area (Å²) in [7, 11) is 2.75. The molecule has 0 atom stereocenters. The number of carbonyl (C=O) groups is 2. The first-order chi connectivity index (χ1) is 14.1. The van der Waals surface area contributed by atoms with E-state index in [0.717, 1.165) is 5.56 Å². The Balaban J connectivity index is 1.61. The van der Waals surface area contributed by atoms with E-state index in [9.17, 15) is 9.59 Å². The zero-order valence-electron chi connectivity index (χ0n) is 16.0. The Morgan fingerprint density at radius 1 is 0.862 bits per heavy atom. The molecule has 7 nitrogen and oxygen atoms in total. The minimum atomic E-state index is -0.599. The molecule has 0 saturated heterocycles. The van der Waals surface area contributed by atoms with Gasteiger partial charge in [0.05, 0.1) is 19.8 Å². The van der Waals surface area contributed by atoms with Crippen LogP contribution >= 0.6 is 0 Å². The van der Waals surface area contributed by atoms with Gasteiger partial charge in [0.25, 0.3) is 0 Å². The van der Waals surface area contributed by atoms with Gasteiger partial charge in [-0.1, -0.05) is 30.3 Å². The lowest BCUT2D eigenvalue weighted by molar-refractivity contribution is 0.0438. The van der Waals surface area contributed by atoms with Crippen molar-refractivity contribution in [1.29, 1.82) is 0 Å². The molecule has 0 N–H and O–H groups in total. The van der Waals surface area contributed by atoms with E-state index in [2.05, 4.69) is 4.74 Å². The number of esters is 2. The quantitative estimate of drug-likeness (QED) is 0.532. The number of ether oxygens (including phenoxy) is 4. The largest absolute Gasteiger partial charge is 0.493 e. The highest BCUT2D eigenvalue weighted by Crippen LogP contribution is 2.29. The fourth-order valence-corrected chi connectivity index (χ4v) is 2.53. The predicted octanol–water partition coefficient (Wildman–Crippen LogP) is 4.01. The van der Waals surface area contributed by atoms with E-state index in [1.54, 1.807) is 24.3 Å². The van der Waals surface area contributed by atoms with Gasteiger partial charge in [0.2, 0.25) is 5.76 Å². The fraction of sp³-hybridized carbons (Fsp3) is 0.182. The van der Waals surface area contributed by atoms with Crippen LogP contribution in [0.15, 0.2) is 65.1 Å². The van der Waals surface area contributed by atoms with Gasteiger partial charge in [-0.05, 0) is 35.9 Å². The zero-order valence-corrected chi connectivity index (χ0v) is 16.0. The second-order valence-corrected chi connectivity index (χ2v) is 5.97. The first-order valence-electron chi connectivity index (χ1n) is 8.79. The van der Waals surface area contributed by atoms with Crippen molar-refractivity contribution < 1.29 is 33.0 Å². The third-order valence-electron chi connectivity index (χ3n) is 4.03. The van der Waals surface area contributed by atoms with Crippen LogP contribution < -0.4 is 9.47 Å². The van der Waals surface area contributed by atoms with Crippen molar-refractivity contribution in [1.82, 2.24) is 0 Å². The minimum absolute atomic E-state index is 0.0418. The van der Waals surface area contributed by atoms with Crippen molar-refractivity contribution in [2.24, 2.45) is 0 Å². The molecule has 0 aliphatic rings. The van der Waals surface area contributed by atoms with Gasteiger partial charge >= 0.3 is 11.9 Å². The maximum Gasteiger partial charge on any atom is 0.373 e. The topological polar surface area (TPSA) is 84.2 Å². The summed E-state index contributed by atoms with van der Waals surface area (Å²) in [4.78, 5) is 23.7. The van der Waals surface area contributed by atoms with Crippen molar-refractivity contribution in [3.63, 3.8) is 0 Å². The second-order valence-electron chi connectivity index (χ2n) is 5.97. The summed E-state index contributed by atoms with van der Waals surface area (Å²) < 4.78 is 26.2. The number of rotatable bonds is 8. The Labute approximate surface area is 167 Å². The number of methoxy groups -OCH3 is 2. The van der Waals surface area contributed by atoms with Gasteiger partial charge in [0, 0.05) is 0 Å². The van der Waals surface area contributed by atoms with Crippen molar-refractivity contribution in [2.45, 2.75) is 13.2 Å². The normalized spacial score (nSPS) is 10.3. The smallest absolute Gasteiger partial charge is 0.373 e. The Morgan fingerprint density at radius 2 is 1.66 bits per heavy atom. The molecule has 1 aromatic heterocycles. The molecular weight excluding hydrogens is 376 g/mol. The SMILES string of the molecule is COC(=O)c1ccc(COC(=O)c2ccc(OCc3ccccc3)c(OC)c2)o1. The standard InChI is InChI=1S/C22H20O7/c1-25-20-12-16(8-10-18(20)27-13-15-6-4-3-5-7-15)21(23)28-14-17-9-11-19(29-17)22(24)26-2/h3-12H,13-14H2,1-2H3. The molecule has 1 heterocycles. The molecule has 7 heteroatoms. The molecular formula is C22H20O7. The van der Waals surface area contributed by atoms with E-state index in [-0.39, 0.29) is 12.4 Å². The minimum Gasteiger partial charge on any atom is -0.493 e. The highest BCUT2D eigenvalue weighted by Gasteiger charge is 2.15. The van der Waals surface area contributed by atoms with Gasteiger partial charge in [0.15, 0.2) is 11.5 Å². The number of benzene rings is 2. The van der Waals surface area contributed by atoms with Gasteiger partial charge in [-0.2, -0.15) is 0 Å². The molecule has 29 heavy (non-hydrogen) atoms. The van der Waals surface area contributed by atoms with Crippen LogP contribution in [-0.2, 0) is 22.7 Å². The van der Waals surface area contributed by atoms with Crippen molar-refractivity contribution in [3.05, 3.63) is 83.3 Å². The highest BCUT2D eigenvalue weighted by atomic mass is 16.6. The lowest BCUT2D eigenvalue weighted by Gasteiger charge is -2.12. The summed E-state index contributed by atoms with van der Waals surface area (Å²) >= 11 is 0. The third-order valence-corrected chi connectivity index (χ3v) is 4.03. The Kier molecular flexibility index (Phi) is 6.52. The van der Waals surface area contributed by atoms with Crippen LogP contribution in [0.4, 0.5) is 0 Å². The first kappa shape index (κ1) is 20.0. The molecule has 0 aliphatic carbocycles. The molecule has 2 aromatic carbocycles. The molecule has 0 aliphatic heterocycles. The molecule has 0 amide bonds. The summed E-state index contributed by atoms with van der Waals surface area (Å²) in [6.45, 7) is 0.256.